The topological polar surface area (TPSA) is 41.1 Å². The second kappa shape index (κ2) is 4.58. The van der Waals surface area contributed by atoms with Gasteiger partial charge in [0.05, 0.1) is 11.9 Å². The molecule has 1 aliphatic heterocycles. The molecule has 0 aliphatic carbocycles. The van der Waals surface area contributed by atoms with E-state index in [9.17, 15) is 0 Å². The van der Waals surface area contributed by atoms with E-state index in [4.69, 9.17) is 0 Å². The number of nitrogens with zero attached hydrogens (tertiary/aromatic N) is 3. The van der Waals surface area contributed by atoms with E-state index in [1.165, 1.54) is 25.9 Å². The summed E-state index contributed by atoms with van der Waals surface area (Å²) in [7, 11) is 1.92. The van der Waals surface area contributed by atoms with E-state index >= 15 is 0 Å². The van der Waals surface area contributed by atoms with Crippen LogP contribution in [0.15, 0.2) is 11.4 Å². The smallest absolute Gasteiger partial charge is 0.146 e. The van der Waals surface area contributed by atoms with Gasteiger partial charge in [-0.05, 0) is 37.4 Å². The van der Waals surface area contributed by atoms with Crippen molar-refractivity contribution in [3.05, 3.63) is 17.3 Å². The van der Waals surface area contributed by atoms with E-state index in [-0.39, 0.29) is 0 Å². The summed E-state index contributed by atoms with van der Waals surface area (Å²) in [5, 5.41) is 6.36. The average molecular weight is 248 g/mol. The lowest BCUT2D eigenvalue weighted by Crippen LogP contribution is -2.20. The van der Waals surface area contributed by atoms with Crippen molar-refractivity contribution < 1.29 is 0 Å². The summed E-state index contributed by atoms with van der Waals surface area (Å²) >= 11 is 1.68. The maximum Gasteiger partial charge on any atom is 0.146 e. The quantitative estimate of drug-likeness (QED) is 0.905. The highest BCUT2D eigenvalue weighted by atomic mass is 32.1. The molecule has 2 aromatic rings. The van der Waals surface area contributed by atoms with Crippen molar-refractivity contribution in [3.8, 4) is 0 Å². The summed E-state index contributed by atoms with van der Waals surface area (Å²) in [5.41, 5.74) is 0. The Morgan fingerprint density at radius 2 is 2.18 bits per heavy atom. The molecule has 4 nitrogen and oxygen atoms in total. The van der Waals surface area contributed by atoms with Gasteiger partial charge >= 0.3 is 0 Å². The van der Waals surface area contributed by atoms with Crippen molar-refractivity contribution in [3.63, 3.8) is 0 Å². The molecule has 0 radical (unpaired) electrons. The molecule has 17 heavy (non-hydrogen) atoms. The lowest BCUT2D eigenvalue weighted by molar-refractivity contribution is 0.323. The third kappa shape index (κ3) is 2.12. The number of aromatic nitrogens is 2. The highest BCUT2D eigenvalue weighted by Crippen LogP contribution is 2.25. The van der Waals surface area contributed by atoms with E-state index in [1.807, 2.05) is 7.05 Å². The molecular formula is C12H16N4S. The van der Waals surface area contributed by atoms with Gasteiger partial charge in [0.1, 0.15) is 16.5 Å². The highest BCUT2D eigenvalue weighted by Gasteiger charge is 2.15. The average Bonchev–Trinajstić information content (AvgIpc) is 2.98. The van der Waals surface area contributed by atoms with Gasteiger partial charge in [0, 0.05) is 7.05 Å². The van der Waals surface area contributed by atoms with Gasteiger partial charge in [-0.3, -0.25) is 4.90 Å². The minimum Gasteiger partial charge on any atom is -0.372 e. The fourth-order valence-electron chi connectivity index (χ4n) is 2.30. The number of thiophene rings is 1. The first-order valence-corrected chi connectivity index (χ1v) is 6.89. The molecule has 0 unspecified atom stereocenters. The van der Waals surface area contributed by atoms with Crippen LogP contribution in [0.3, 0.4) is 0 Å². The van der Waals surface area contributed by atoms with Crippen molar-refractivity contribution in [1.82, 2.24) is 14.9 Å². The van der Waals surface area contributed by atoms with Crippen LogP contribution in [-0.4, -0.2) is 35.0 Å². The zero-order valence-corrected chi connectivity index (χ0v) is 10.8. The summed E-state index contributed by atoms with van der Waals surface area (Å²) in [6.07, 6.45) is 2.61. The summed E-state index contributed by atoms with van der Waals surface area (Å²) in [5.74, 6) is 1.89. The van der Waals surface area contributed by atoms with E-state index in [2.05, 4.69) is 31.6 Å². The largest absolute Gasteiger partial charge is 0.372 e. The Morgan fingerprint density at radius 3 is 2.94 bits per heavy atom. The maximum absolute atomic E-state index is 4.63. The lowest BCUT2D eigenvalue weighted by atomic mass is 10.3. The second-order valence-electron chi connectivity index (χ2n) is 4.36. The molecule has 0 aromatic carbocycles. The summed E-state index contributed by atoms with van der Waals surface area (Å²) < 4.78 is 0. The monoisotopic (exact) mass is 248 g/mol. The number of anilines is 1. The van der Waals surface area contributed by atoms with Crippen molar-refractivity contribution in [1.29, 1.82) is 0 Å². The molecule has 0 spiro atoms. The first-order chi connectivity index (χ1) is 8.36. The van der Waals surface area contributed by atoms with Crippen LogP contribution in [0, 0.1) is 0 Å². The van der Waals surface area contributed by atoms with Crippen LogP contribution in [0.5, 0.6) is 0 Å². The molecule has 5 heteroatoms. The molecule has 1 aliphatic rings. The van der Waals surface area contributed by atoms with Gasteiger partial charge in [0.15, 0.2) is 0 Å². The Bertz CT molecular complexity index is 516. The molecule has 0 amide bonds. The number of hydrogen-bond acceptors (Lipinski definition) is 5. The molecule has 1 saturated heterocycles. The van der Waals surface area contributed by atoms with Crippen molar-refractivity contribution in [2.45, 2.75) is 19.4 Å². The predicted octanol–water partition coefficient (Wildman–Crippen LogP) is 2.33. The summed E-state index contributed by atoms with van der Waals surface area (Å²) in [6.45, 7) is 3.24. The van der Waals surface area contributed by atoms with E-state index < -0.39 is 0 Å². The van der Waals surface area contributed by atoms with E-state index in [1.54, 1.807) is 11.3 Å². The van der Waals surface area contributed by atoms with Crippen LogP contribution in [0.1, 0.15) is 18.7 Å². The lowest BCUT2D eigenvalue weighted by Gasteiger charge is -2.13. The van der Waals surface area contributed by atoms with Crippen molar-refractivity contribution in [2.24, 2.45) is 0 Å². The van der Waals surface area contributed by atoms with Crippen LogP contribution in [-0.2, 0) is 6.54 Å². The molecule has 0 saturated carbocycles. The van der Waals surface area contributed by atoms with Crippen molar-refractivity contribution >= 4 is 27.4 Å². The zero-order chi connectivity index (χ0) is 11.7. The van der Waals surface area contributed by atoms with E-state index in [0.717, 1.165) is 28.4 Å². The standard InChI is InChI=1S/C12H16N4S/c1-13-11-9-4-7-17-12(9)15-10(14-11)8-16-5-2-3-6-16/h4,7H,2-3,5-6,8H2,1H3,(H,13,14,15). The molecule has 1 fully saturated rings. The first kappa shape index (κ1) is 10.9. The van der Waals surface area contributed by atoms with Gasteiger partial charge in [0.2, 0.25) is 0 Å². The molecule has 3 rings (SSSR count). The van der Waals surface area contributed by atoms with Crippen LogP contribution in [0.2, 0.25) is 0 Å². The van der Waals surface area contributed by atoms with Crippen LogP contribution in [0.25, 0.3) is 10.2 Å². The van der Waals surface area contributed by atoms with Gasteiger partial charge in [0.25, 0.3) is 0 Å². The van der Waals surface area contributed by atoms with Crippen LogP contribution in [0.4, 0.5) is 5.82 Å². The minimum absolute atomic E-state index is 0.878. The van der Waals surface area contributed by atoms with E-state index in [0.29, 0.717) is 0 Å². The molecule has 1 N–H and O–H groups in total. The van der Waals surface area contributed by atoms with Gasteiger partial charge in [-0.1, -0.05) is 0 Å². The SMILES string of the molecule is CNc1nc(CN2CCCC2)nc2sccc12. The Kier molecular flexibility index (Phi) is 2.94. The zero-order valence-electron chi connectivity index (χ0n) is 9.94. The minimum atomic E-state index is 0.878. The van der Waals surface area contributed by atoms with Gasteiger partial charge in [-0.2, -0.15) is 0 Å². The Morgan fingerprint density at radius 1 is 1.35 bits per heavy atom. The summed E-state index contributed by atoms with van der Waals surface area (Å²) in [4.78, 5) is 12.7. The normalized spacial score (nSPS) is 16.8. The fraction of sp³-hybridized carbons (Fsp3) is 0.500. The predicted molar refractivity (Wildman–Crippen MR) is 71.5 cm³/mol. The molecule has 0 bridgehead atoms. The molecular weight excluding hydrogens is 232 g/mol. The van der Waals surface area contributed by atoms with Gasteiger partial charge < -0.3 is 5.32 Å². The molecule has 3 heterocycles. The third-order valence-corrected chi connectivity index (χ3v) is 3.98. The van der Waals surface area contributed by atoms with Crippen molar-refractivity contribution in [2.75, 3.05) is 25.5 Å². The maximum atomic E-state index is 4.63. The number of hydrogen-bond donors (Lipinski definition) is 1. The number of fused-ring (bicyclic) bond motifs is 1. The molecule has 90 valence electrons. The fourth-order valence-corrected chi connectivity index (χ4v) is 3.08. The number of nitrogens with one attached hydrogen (secondary N) is 1. The number of likely N-dealkylation sites (tertiary alicyclic amines) is 1. The highest BCUT2D eigenvalue weighted by molar-refractivity contribution is 7.16. The van der Waals surface area contributed by atoms with Gasteiger partial charge in [-0.15, -0.1) is 11.3 Å². The molecule has 0 atom stereocenters. The first-order valence-electron chi connectivity index (χ1n) is 6.01. The Labute approximate surface area is 105 Å². The summed E-state index contributed by atoms with van der Waals surface area (Å²) in [6, 6.07) is 2.07. The second-order valence-corrected chi connectivity index (χ2v) is 5.26. The Balaban J connectivity index is 1.92. The number of rotatable bonds is 3. The van der Waals surface area contributed by atoms with Gasteiger partial charge in [-0.25, -0.2) is 9.97 Å². The molecule has 2 aromatic heterocycles. The third-order valence-electron chi connectivity index (χ3n) is 3.17. The Hall–Kier alpha value is -1.20. The van der Waals surface area contributed by atoms with Crippen LogP contribution >= 0.6 is 11.3 Å². The van der Waals surface area contributed by atoms with Crippen LogP contribution < -0.4 is 5.32 Å².